The highest BCUT2D eigenvalue weighted by molar-refractivity contribution is 8.76. The number of aromatic hydroxyl groups is 1. The summed E-state index contributed by atoms with van der Waals surface area (Å²) < 4.78 is 0. The van der Waals surface area contributed by atoms with Crippen LogP contribution in [0.1, 0.15) is 45.1 Å². The van der Waals surface area contributed by atoms with Crippen LogP contribution >= 0.6 is 21.6 Å². The van der Waals surface area contributed by atoms with Gasteiger partial charge in [-0.2, -0.15) is 0 Å². The Morgan fingerprint density at radius 2 is 1.34 bits per heavy atom. The molecule has 0 saturated carbocycles. The van der Waals surface area contributed by atoms with Gasteiger partial charge >= 0.3 is 0 Å². The molecule has 1 aliphatic rings. The monoisotopic (exact) mass is 739 g/mol. The Bertz CT molecular complexity index is 1420. The molecular formula is C30H45N9O9S2. The smallest absolute Gasteiger partial charge is 0.243 e. The average Bonchev–Trinajstić information content (AvgIpc) is 3.05. The largest absolute Gasteiger partial charge is 0.508 e. The van der Waals surface area contributed by atoms with E-state index >= 15 is 0 Å². The second kappa shape index (κ2) is 20.2. The molecule has 0 aliphatic carbocycles. The van der Waals surface area contributed by atoms with Crippen LogP contribution in [-0.4, -0.2) is 100 Å². The summed E-state index contributed by atoms with van der Waals surface area (Å²) in [5.41, 5.74) is 22.8. The van der Waals surface area contributed by atoms with Crippen molar-refractivity contribution in [3.8, 4) is 5.75 Å². The van der Waals surface area contributed by atoms with E-state index in [2.05, 4.69) is 26.6 Å². The maximum absolute atomic E-state index is 13.8. The molecule has 14 N–H and O–H groups in total. The van der Waals surface area contributed by atoms with Crippen LogP contribution in [0.2, 0.25) is 0 Å². The third-order valence-electron chi connectivity index (χ3n) is 7.72. The number of rotatable bonds is 10. The van der Waals surface area contributed by atoms with Crippen LogP contribution in [0.5, 0.6) is 5.75 Å². The van der Waals surface area contributed by atoms with Gasteiger partial charge in [0.1, 0.15) is 36.0 Å². The lowest BCUT2D eigenvalue weighted by molar-refractivity contribution is -0.136. The van der Waals surface area contributed by atoms with Crippen LogP contribution in [0.25, 0.3) is 0 Å². The molecule has 8 amide bonds. The summed E-state index contributed by atoms with van der Waals surface area (Å²) in [4.78, 5) is 103. The van der Waals surface area contributed by atoms with Crippen molar-refractivity contribution >= 4 is 68.8 Å². The van der Waals surface area contributed by atoms with Gasteiger partial charge in [-0.1, -0.05) is 54.0 Å². The van der Waals surface area contributed by atoms with Gasteiger partial charge in [-0.15, -0.1) is 0 Å². The number of carbonyl (C=O) groups excluding carboxylic acids is 8. The number of hydrogen-bond donors (Lipinski definition) is 10. The molecule has 1 unspecified atom stereocenters. The molecule has 0 aromatic heterocycles. The first-order valence-electron chi connectivity index (χ1n) is 15.7. The predicted molar refractivity (Wildman–Crippen MR) is 185 cm³/mol. The second-order valence-corrected chi connectivity index (χ2v) is 14.3. The van der Waals surface area contributed by atoms with Crippen LogP contribution in [0.15, 0.2) is 24.3 Å². The summed E-state index contributed by atoms with van der Waals surface area (Å²) in [7, 11) is 2.13. The third-order valence-corrected chi connectivity index (χ3v) is 10.2. The zero-order chi connectivity index (χ0) is 37.5. The van der Waals surface area contributed by atoms with Gasteiger partial charge in [0.2, 0.25) is 47.3 Å². The third kappa shape index (κ3) is 13.7. The Morgan fingerprint density at radius 3 is 1.92 bits per heavy atom. The highest BCUT2D eigenvalue weighted by Crippen LogP contribution is 2.23. The predicted octanol–water partition coefficient (Wildman–Crippen LogP) is -3.25. The Hall–Kier alpha value is -4.56. The fourth-order valence-electron chi connectivity index (χ4n) is 4.59. The molecular weight excluding hydrogens is 695 g/mol. The van der Waals surface area contributed by atoms with Crippen molar-refractivity contribution in [3.63, 3.8) is 0 Å². The molecule has 276 valence electrons. The first kappa shape index (κ1) is 41.6. The van der Waals surface area contributed by atoms with Crippen molar-refractivity contribution in [3.05, 3.63) is 29.8 Å². The fourth-order valence-corrected chi connectivity index (χ4v) is 6.89. The summed E-state index contributed by atoms with van der Waals surface area (Å²) in [6.07, 6.45) is -1.06. The lowest BCUT2D eigenvalue weighted by Crippen LogP contribution is -2.61. The van der Waals surface area contributed by atoms with Crippen molar-refractivity contribution in [1.29, 1.82) is 0 Å². The van der Waals surface area contributed by atoms with Crippen LogP contribution < -0.4 is 49.5 Å². The number of amides is 8. The second-order valence-electron chi connectivity index (χ2n) is 11.7. The van der Waals surface area contributed by atoms with E-state index in [9.17, 15) is 43.5 Å². The number of phenolic OH excluding ortho intramolecular Hbond substituents is 1. The summed E-state index contributed by atoms with van der Waals surface area (Å²) in [6, 6.07) is -2.10. The molecule has 0 spiro atoms. The maximum Gasteiger partial charge on any atom is 0.243 e. The van der Waals surface area contributed by atoms with Gasteiger partial charge in [-0.3, -0.25) is 38.4 Å². The molecule has 50 heavy (non-hydrogen) atoms. The Kier molecular flexibility index (Phi) is 16.8. The molecule has 0 bridgehead atoms. The zero-order valence-electron chi connectivity index (χ0n) is 27.6. The lowest BCUT2D eigenvalue weighted by Gasteiger charge is -2.29. The van der Waals surface area contributed by atoms with Gasteiger partial charge in [0.05, 0.1) is 12.5 Å². The van der Waals surface area contributed by atoms with E-state index in [4.69, 9.17) is 22.9 Å². The first-order valence-corrected chi connectivity index (χ1v) is 18.2. The van der Waals surface area contributed by atoms with E-state index in [1.807, 2.05) is 0 Å². The van der Waals surface area contributed by atoms with Gasteiger partial charge in [0, 0.05) is 24.3 Å². The number of hydrogen-bond acceptors (Lipinski definition) is 12. The molecule has 18 nitrogen and oxygen atoms in total. The molecule has 2 rings (SSSR count). The summed E-state index contributed by atoms with van der Waals surface area (Å²) in [6.45, 7) is 3.43. The molecule has 0 radical (unpaired) electrons. The molecule has 20 heteroatoms. The molecule has 1 heterocycles. The van der Waals surface area contributed by atoms with Gasteiger partial charge in [0.25, 0.3) is 0 Å². The topological polar surface area (TPSA) is 321 Å². The van der Waals surface area contributed by atoms with E-state index < -0.39 is 95.8 Å². The molecule has 1 aromatic rings. The van der Waals surface area contributed by atoms with Gasteiger partial charge in [0.15, 0.2) is 0 Å². The normalized spacial score (nSPS) is 25.5. The lowest BCUT2D eigenvalue weighted by atomic mass is 9.96. The van der Waals surface area contributed by atoms with Crippen molar-refractivity contribution in [2.24, 2.45) is 28.9 Å². The number of nitrogens with two attached hydrogens (primary N) is 4. The molecule has 1 aromatic carbocycles. The first-order chi connectivity index (χ1) is 23.5. The van der Waals surface area contributed by atoms with E-state index in [0.717, 1.165) is 21.6 Å². The van der Waals surface area contributed by atoms with Gasteiger partial charge in [-0.25, -0.2) is 0 Å². The highest BCUT2D eigenvalue weighted by atomic mass is 33.1. The summed E-state index contributed by atoms with van der Waals surface area (Å²) >= 11 is 0. The Balaban J connectivity index is 2.55. The number of primary amides is 3. The SMILES string of the molecule is CC[C@H](C)[C@@H]1NC(=O)[C@H](Cc2ccc(O)cc2)NC(=O)[C@@H](N)CSSC[C@@H](C(N)=O)NC(=O)[C@H](CC(N)=O)NC(=O)C(CCC(N)=O)NC1=O. The molecule has 1 saturated heterocycles. The Morgan fingerprint density at radius 1 is 0.780 bits per heavy atom. The Labute approximate surface area is 296 Å². The molecule has 1 aliphatic heterocycles. The van der Waals surface area contributed by atoms with E-state index in [0.29, 0.717) is 12.0 Å². The number of nitrogens with one attached hydrogen (secondary N) is 5. The van der Waals surface area contributed by atoms with Crippen LogP contribution in [0.4, 0.5) is 0 Å². The van der Waals surface area contributed by atoms with Crippen molar-refractivity contribution in [2.45, 2.75) is 82.2 Å². The van der Waals surface area contributed by atoms with Crippen LogP contribution in [0, 0.1) is 5.92 Å². The van der Waals surface area contributed by atoms with E-state index in [-0.39, 0.29) is 36.5 Å². The van der Waals surface area contributed by atoms with Crippen molar-refractivity contribution < 1.29 is 43.5 Å². The highest BCUT2D eigenvalue weighted by Gasteiger charge is 2.35. The number of carbonyl (C=O) groups is 8. The van der Waals surface area contributed by atoms with Gasteiger partial charge in [-0.05, 0) is 30.0 Å². The minimum atomic E-state index is -1.61. The summed E-state index contributed by atoms with van der Waals surface area (Å²) in [5.74, 6) is -7.61. The molecule has 1 fully saturated rings. The van der Waals surface area contributed by atoms with Gasteiger partial charge < -0.3 is 54.6 Å². The minimum Gasteiger partial charge on any atom is -0.508 e. The fraction of sp³-hybridized carbons (Fsp3) is 0.533. The van der Waals surface area contributed by atoms with E-state index in [1.165, 1.54) is 12.1 Å². The van der Waals surface area contributed by atoms with Crippen molar-refractivity contribution in [1.82, 2.24) is 26.6 Å². The van der Waals surface area contributed by atoms with E-state index in [1.54, 1.807) is 26.0 Å². The maximum atomic E-state index is 13.8. The van der Waals surface area contributed by atoms with Crippen LogP contribution in [0.3, 0.4) is 0 Å². The van der Waals surface area contributed by atoms with Crippen LogP contribution in [-0.2, 0) is 44.8 Å². The summed E-state index contributed by atoms with van der Waals surface area (Å²) in [5, 5.41) is 22.2. The standard InChI is InChI=1S/C30H45N9O9S2/c1-3-14(2)24-30(48)35-18(8-9-22(32)41)27(45)37-20(11-23(33)42)28(46)38-21(25(34)43)13-50-49-12-17(31)26(44)36-19(29(47)39-24)10-15-4-6-16(40)7-5-15/h4-7,14,17-21,24,40H,3,8-13,31H2,1-2H3,(H2,32,41)(H2,33,42)(H2,34,43)(H,35,48)(H,36,44)(H,37,45)(H,38,46)(H,39,47)/t14-,17-,18?,19-,20-,21-,24-/m0/s1. The average molecular weight is 740 g/mol. The zero-order valence-corrected chi connectivity index (χ0v) is 29.3. The molecule has 7 atom stereocenters. The quantitative estimate of drug-likeness (QED) is 0.106. The van der Waals surface area contributed by atoms with Crippen molar-refractivity contribution in [2.75, 3.05) is 11.5 Å². The number of benzene rings is 1. The number of phenols is 1. The minimum absolute atomic E-state index is 0.00836.